The minimum Gasteiger partial charge on any atom is -0.544 e. The molecule has 4 nitrogen and oxygen atoms in total. The molecule has 1 aromatic rings. The van der Waals surface area contributed by atoms with Gasteiger partial charge in [-0.05, 0) is 42.4 Å². The molecule has 0 atom stereocenters. The Morgan fingerprint density at radius 3 is 2.33 bits per heavy atom. The number of allylic oxidation sites excluding steroid dienone is 1. The van der Waals surface area contributed by atoms with E-state index in [9.17, 15) is 0 Å². The minimum absolute atomic E-state index is 0.199. The molecule has 1 heterocycles. The van der Waals surface area contributed by atoms with E-state index >= 15 is 0 Å². The molecule has 0 radical (unpaired) electrons. The fourth-order valence-corrected chi connectivity index (χ4v) is 2.83. The summed E-state index contributed by atoms with van der Waals surface area (Å²) < 4.78 is 6.28. The van der Waals surface area contributed by atoms with E-state index in [2.05, 4.69) is 38.9 Å². The maximum absolute atomic E-state index is 6.28. The summed E-state index contributed by atoms with van der Waals surface area (Å²) in [6, 6.07) is 8.15. The first-order chi connectivity index (χ1) is 9.69. The van der Waals surface area contributed by atoms with Crippen LogP contribution in [0.3, 0.4) is 0 Å². The van der Waals surface area contributed by atoms with Gasteiger partial charge in [-0.2, -0.15) is 0 Å². The van der Waals surface area contributed by atoms with Gasteiger partial charge in [0.1, 0.15) is 12.4 Å². The average Bonchev–Trinajstić information content (AvgIpc) is 2.38. The van der Waals surface area contributed by atoms with Crippen molar-refractivity contribution in [1.82, 2.24) is 0 Å². The summed E-state index contributed by atoms with van der Waals surface area (Å²) in [5, 5.41) is 0.199. The van der Waals surface area contributed by atoms with Crippen LogP contribution in [0.5, 0.6) is 5.75 Å². The largest absolute Gasteiger partial charge is 0.544 e. The van der Waals surface area contributed by atoms with Crippen LogP contribution < -0.4 is 15.1 Å². The van der Waals surface area contributed by atoms with Crippen LogP contribution in [0.15, 0.2) is 41.2 Å². The molecule has 0 saturated heterocycles. The molecule has 0 amide bonds. The average molecular weight is 303 g/mol. The van der Waals surface area contributed by atoms with Crippen LogP contribution in [0.25, 0.3) is 0 Å². The lowest BCUT2D eigenvalue weighted by Crippen LogP contribution is -2.43. The van der Waals surface area contributed by atoms with Crippen molar-refractivity contribution < 1.29 is 4.43 Å². The van der Waals surface area contributed by atoms with Crippen molar-refractivity contribution >= 4 is 20.2 Å². The topological polar surface area (TPSA) is 50.9 Å². The molecule has 5 heteroatoms. The van der Waals surface area contributed by atoms with Crippen molar-refractivity contribution in [3.8, 4) is 5.75 Å². The van der Waals surface area contributed by atoms with Crippen molar-refractivity contribution in [2.45, 2.75) is 38.9 Å². The number of aliphatic imine (C=N–C) groups is 1. The molecule has 0 aliphatic carbocycles. The van der Waals surface area contributed by atoms with Crippen LogP contribution in [-0.4, -0.2) is 21.2 Å². The van der Waals surface area contributed by atoms with Gasteiger partial charge in [-0.25, -0.2) is 0 Å². The lowest BCUT2D eigenvalue weighted by molar-refractivity contribution is 0.492. The Kier molecular flexibility index (Phi) is 4.14. The monoisotopic (exact) mass is 303 g/mol. The molecule has 0 spiro atoms. The molecule has 2 rings (SSSR count). The Bertz CT molecular complexity index is 556. The van der Waals surface area contributed by atoms with Gasteiger partial charge in [-0.15, -0.1) is 0 Å². The van der Waals surface area contributed by atoms with Crippen LogP contribution in [0.1, 0.15) is 20.8 Å². The molecule has 0 aromatic heterocycles. The molecule has 114 valence electrons. The molecular weight excluding hydrogens is 278 g/mol. The minimum atomic E-state index is -1.78. The summed E-state index contributed by atoms with van der Waals surface area (Å²) in [4.78, 5) is 6.23. The quantitative estimate of drug-likeness (QED) is 0.866. The lowest BCUT2D eigenvalue weighted by atomic mass is 10.2. The van der Waals surface area contributed by atoms with Crippen molar-refractivity contribution in [3.05, 3.63) is 36.2 Å². The molecule has 21 heavy (non-hydrogen) atoms. The van der Waals surface area contributed by atoms with E-state index in [1.54, 1.807) is 6.21 Å². The summed E-state index contributed by atoms with van der Waals surface area (Å²) in [6.07, 6.45) is 3.59. The first-order valence-corrected chi connectivity index (χ1v) is 10.1. The van der Waals surface area contributed by atoms with E-state index in [4.69, 9.17) is 10.2 Å². The van der Waals surface area contributed by atoms with Crippen LogP contribution in [-0.2, 0) is 0 Å². The first kappa shape index (κ1) is 15.6. The second kappa shape index (κ2) is 5.56. The molecule has 1 aliphatic heterocycles. The predicted octanol–water partition coefficient (Wildman–Crippen LogP) is 3.72. The van der Waals surface area contributed by atoms with Crippen LogP contribution in [0.2, 0.25) is 18.1 Å². The summed E-state index contributed by atoms with van der Waals surface area (Å²) in [6.45, 7) is 11.8. The molecule has 0 bridgehead atoms. The van der Waals surface area contributed by atoms with Crippen LogP contribution in [0, 0.1) is 0 Å². The third-order valence-corrected chi connectivity index (χ3v) is 8.49. The first-order valence-electron chi connectivity index (χ1n) is 7.22. The molecule has 2 N–H and O–H groups in total. The smallest absolute Gasteiger partial charge is 0.250 e. The highest BCUT2D eigenvalue weighted by atomic mass is 28.4. The SMILES string of the molecule is CC(C)(C)[Si](C)(C)Oc1ccc(N2C=C(N)C=NC2)cc1. The molecular formula is C16H25N3OSi. The maximum atomic E-state index is 6.28. The van der Waals surface area contributed by atoms with Crippen molar-refractivity contribution in [3.63, 3.8) is 0 Å². The molecule has 1 aliphatic rings. The Labute approximate surface area is 128 Å². The number of anilines is 1. The number of benzene rings is 1. The number of rotatable bonds is 3. The molecule has 0 fully saturated rings. The van der Waals surface area contributed by atoms with Crippen LogP contribution in [0.4, 0.5) is 5.69 Å². The summed E-state index contributed by atoms with van der Waals surface area (Å²) in [7, 11) is -1.78. The van der Waals surface area contributed by atoms with E-state index in [0.29, 0.717) is 12.4 Å². The zero-order valence-electron chi connectivity index (χ0n) is 13.6. The highest BCUT2D eigenvalue weighted by molar-refractivity contribution is 6.74. The standard InChI is InChI=1S/C16H25N3OSi/c1-16(2,3)21(4,5)20-15-8-6-14(7-9-15)19-11-13(17)10-18-12-19/h6-11H,12,17H2,1-5H3. The molecule has 1 aromatic carbocycles. The van der Waals surface area contributed by atoms with E-state index in [0.717, 1.165) is 11.4 Å². The van der Waals surface area contributed by atoms with Gasteiger partial charge in [0, 0.05) is 18.1 Å². The third-order valence-electron chi connectivity index (χ3n) is 4.13. The van der Waals surface area contributed by atoms with E-state index in [-0.39, 0.29) is 5.04 Å². The van der Waals surface area contributed by atoms with Gasteiger partial charge in [0.2, 0.25) is 8.32 Å². The van der Waals surface area contributed by atoms with Gasteiger partial charge in [0.05, 0.1) is 5.70 Å². The zero-order chi connectivity index (χ0) is 15.7. The number of nitrogens with two attached hydrogens (primary N) is 1. The molecule has 0 saturated carbocycles. The maximum Gasteiger partial charge on any atom is 0.250 e. The Morgan fingerprint density at radius 1 is 1.19 bits per heavy atom. The van der Waals surface area contributed by atoms with Gasteiger partial charge in [0.25, 0.3) is 0 Å². The summed E-state index contributed by atoms with van der Waals surface area (Å²) >= 11 is 0. The zero-order valence-corrected chi connectivity index (χ0v) is 14.6. The van der Waals surface area contributed by atoms with Gasteiger partial charge in [-0.1, -0.05) is 20.8 Å². The predicted molar refractivity (Wildman–Crippen MR) is 92.4 cm³/mol. The van der Waals surface area contributed by atoms with E-state index < -0.39 is 8.32 Å². The number of hydrogen-bond donors (Lipinski definition) is 1. The summed E-state index contributed by atoms with van der Waals surface area (Å²) in [5.74, 6) is 0.933. The van der Waals surface area contributed by atoms with Gasteiger partial charge < -0.3 is 15.1 Å². The number of hydrogen-bond acceptors (Lipinski definition) is 4. The van der Waals surface area contributed by atoms with Crippen molar-refractivity contribution in [1.29, 1.82) is 0 Å². The highest BCUT2D eigenvalue weighted by Gasteiger charge is 2.38. The Morgan fingerprint density at radius 2 is 1.81 bits per heavy atom. The fraction of sp³-hybridized carbons (Fsp3) is 0.438. The summed E-state index contributed by atoms with van der Waals surface area (Å²) in [5.41, 5.74) is 7.51. The number of nitrogens with zero attached hydrogens (tertiary/aromatic N) is 2. The van der Waals surface area contributed by atoms with Crippen LogP contribution >= 0.6 is 0 Å². The van der Waals surface area contributed by atoms with Gasteiger partial charge in [-0.3, -0.25) is 4.99 Å². The molecule has 0 unspecified atom stereocenters. The second-order valence-electron chi connectivity index (χ2n) is 6.91. The highest BCUT2D eigenvalue weighted by Crippen LogP contribution is 2.37. The lowest BCUT2D eigenvalue weighted by Gasteiger charge is -2.36. The second-order valence-corrected chi connectivity index (χ2v) is 11.6. The van der Waals surface area contributed by atoms with E-state index in [1.807, 2.05) is 35.4 Å². The normalized spacial score (nSPS) is 15.9. The van der Waals surface area contributed by atoms with Gasteiger partial charge in [0.15, 0.2) is 0 Å². The fourth-order valence-electron chi connectivity index (χ4n) is 1.80. The Balaban J connectivity index is 2.11. The van der Waals surface area contributed by atoms with E-state index in [1.165, 1.54) is 0 Å². The Hall–Kier alpha value is -1.75. The van der Waals surface area contributed by atoms with Crippen molar-refractivity contribution in [2.24, 2.45) is 10.7 Å². The van der Waals surface area contributed by atoms with Crippen molar-refractivity contribution in [2.75, 3.05) is 11.6 Å². The third kappa shape index (κ3) is 3.67. The van der Waals surface area contributed by atoms with Gasteiger partial charge >= 0.3 is 0 Å².